The van der Waals surface area contributed by atoms with E-state index in [1.165, 1.54) is 0 Å². The number of nitrogens with one attached hydrogen (secondary N) is 1. The number of thioether (sulfide) groups is 1. The molecule has 0 aromatic heterocycles. The summed E-state index contributed by atoms with van der Waals surface area (Å²) >= 11 is 5.02. The zero-order valence-electron chi connectivity index (χ0n) is 12.2. The van der Waals surface area contributed by atoms with Crippen LogP contribution in [0.3, 0.4) is 0 Å². The molecule has 2 N–H and O–H groups in total. The number of carboxylic acid groups (broad SMARTS) is 1. The molecule has 0 radical (unpaired) electrons. The van der Waals surface area contributed by atoms with Crippen LogP contribution in [0, 0.1) is 0 Å². The molecule has 23 heavy (non-hydrogen) atoms. The lowest BCUT2D eigenvalue weighted by Gasteiger charge is -2.12. The Morgan fingerprint density at radius 2 is 1.91 bits per heavy atom. The number of hydrogen-bond donors (Lipinski definition) is 2. The van der Waals surface area contributed by atoms with E-state index in [4.69, 9.17) is 9.84 Å². The SMILES string of the molecule is O=C(O)[C@H]1CS[C@@H](c2ccc(OCc3ccc(Br)cc3)cc2)N1. The molecule has 120 valence electrons. The Labute approximate surface area is 147 Å². The first-order valence-electron chi connectivity index (χ1n) is 7.19. The lowest BCUT2D eigenvalue weighted by atomic mass is 10.2. The van der Waals surface area contributed by atoms with Gasteiger partial charge in [-0.05, 0) is 35.4 Å². The molecule has 3 rings (SSSR count). The van der Waals surface area contributed by atoms with Crippen LogP contribution in [-0.2, 0) is 11.4 Å². The van der Waals surface area contributed by atoms with E-state index in [1.54, 1.807) is 11.8 Å². The second kappa shape index (κ2) is 7.38. The van der Waals surface area contributed by atoms with Crippen LogP contribution in [0.2, 0.25) is 0 Å². The third-order valence-corrected chi connectivity index (χ3v) is 5.38. The lowest BCUT2D eigenvalue weighted by Crippen LogP contribution is -2.33. The molecule has 2 atom stereocenters. The fourth-order valence-electron chi connectivity index (χ4n) is 2.29. The number of benzene rings is 2. The predicted molar refractivity (Wildman–Crippen MR) is 94.7 cm³/mol. The van der Waals surface area contributed by atoms with Crippen LogP contribution in [0.5, 0.6) is 5.75 Å². The topological polar surface area (TPSA) is 58.6 Å². The smallest absolute Gasteiger partial charge is 0.321 e. The molecule has 6 heteroatoms. The van der Waals surface area contributed by atoms with Crippen molar-refractivity contribution in [3.05, 3.63) is 64.1 Å². The summed E-state index contributed by atoms with van der Waals surface area (Å²) in [5.41, 5.74) is 2.17. The number of rotatable bonds is 5. The molecule has 0 bridgehead atoms. The van der Waals surface area contributed by atoms with Crippen LogP contribution in [0.1, 0.15) is 16.5 Å². The number of carbonyl (C=O) groups is 1. The van der Waals surface area contributed by atoms with Gasteiger partial charge in [0.25, 0.3) is 0 Å². The van der Waals surface area contributed by atoms with Gasteiger partial charge in [-0.25, -0.2) is 0 Å². The van der Waals surface area contributed by atoms with Crippen molar-refractivity contribution in [3.8, 4) is 5.75 Å². The van der Waals surface area contributed by atoms with E-state index < -0.39 is 12.0 Å². The summed E-state index contributed by atoms with van der Waals surface area (Å²) < 4.78 is 6.82. The summed E-state index contributed by atoms with van der Waals surface area (Å²) in [7, 11) is 0. The second-order valence-electron chi connectivity index (χ2n) is 5.26. The number of halogens is 1. The van der Waals surface area contributed by atoms with Gasteiger partial charge < -0.3 is 9.84 Å². The van der Waals surface area contributed by atoms with Crippen LogP contribution in [0.15, 0.2) is 53.0 Å². The minimum absolute atomic E-state index is 0.0247. The summed E-state index contributed by atoms with van der Waals surface area (Å²) in [6.07, 6.45) is 0. The number of carboxylic acids is 1. The van der Waals surface area contributed by atoms with Crippen molar-refractivity contribution in [2.45, 2.75) is 18.0 Å². The van der Waals surface area contributed by atoms with Crippen LogP contribution in [0.25, 0.3) is 0 Å². The standard InChI is InChI=1S/C17H16BrNO3S/c18-13-5-1-11(2-6-13)9-22-14-7-3-12(4-8-14)16-19-15(10-23-16)17(20)21/h1-8,15-16,19H,9-10H2,(H,20,21)/t15-,16+/m1/s1. The Hall–Kier alpha value is -1.50. The summed E-state index contributed by atoms with van der Waals surface area (Å²) in [6, 6.07) is 15.3. The third kappa shape index (κ3) is 4.28. The van der Waals surface area contributed by atoms with Crippen molar-refractivity contribution in [3.63, 3.8) is 0 Å². The van der Waals surface area contributed by atoms with Crippen LogP contribution in [0.4, 0.5) is 0 Å². The minimum atomic E-state index is -0.797. The van der Waals surface area contributed by atoms with E-state index in [9.17, 15) is 4.79 Å². The average molecular weight is 394 g/mol. The van der Waals surface area contributed by atoms with Crippen molar-refractivity contribution in [2.24, 2.45) is 0 Å². The first-order valence-corrected chi connectivity index (χ1v) is 9.03. The number of aliphatic carboxylic acids is 1. The monoisotopic (exact) mass is 393 g/mol. The van der Waals surface area contributed by atoms with Crippen molar-refractivity contribution >= 4 is 33.7 Å². The molecule has 0 amide bonds. The Morgan fingerprint density at radius 3 is 2.52 bits per heavy atom. The Bertz CT molecular complexity index is 675. The summed E-state index contributed by atoms with van der Waals surface area (Å²) in [6.45, 7) is 0.518. The van der Waals surface area contributed by atoms with Crippen molar-refractivity contribution < 1.29 is 14.6 Å². The first kappa shape index (κ1) is 16.4. The molecule has 1 fully saturated rings. The molecule has 0 saturated carbocycles. The molecular weight excluding hydrogens is 378 g/mol. The van der Waals surface area contributed by atoms with Gasteiger partial charge in [0.2, 0.25) is 0 Å². The molecular formula is C17H16BrNO3S. The Kier molecular flexibility index (Phi) is 5.25. The predicted octanol–water partition coefficient (Wildman–Crippen LogP) is 3.82. The highest BCUT2D eigenvalue weighted by Gasteiger charge is 2.30. The van der Waals surface area contributed by atoms with Gasteiger partial charge in [0.05, 0.1) is 5.37 Å². The van der Waals surface area contributed by atoms with E-state index in [0.29, 0.717) is 12.4 Å². The maximum Gasteiger partial charge on any atom is 0.321 e. The van der Waals surface area contributed by atoms with Gasteiger partial charge in [-0.3, -0.25) is 10.1 Å². The highest BCUT2D eigenvalue weighted by Crippen LogP contribution is 2.33. The molecule has 0 unspecified atom stereocenters. The maximum absolute atomic E-state index is 11.0. The Morgan fingerprint density at radius 1 is 1.22 bits per heavy atom. The summed E-state index contributed by atoms with van der Waals surface area (Å²) in [5.74, 6) is 0.589. The van der Waals surface area contributed by atoms with Crippen LogP contribution >= 0.6 is 27.7 Å². The minimum Gasteiger partial charge on any atom is -0.489 e. The van der Waals surface area contributed by atoms with E-state index in [2.05, 4.69) is 21.2 Å². The zero-order valence-corrected chi connectivity index (χ0v) is 14.6. The van der Waals surface area contributed by atoms with E-state index in [-0.39, 0.29) is 5.37 Å². The van der Waals surface area contributed by atoms with Crippen molar-refractivity contribution in [1.29, 1.82) is 0 Å². The molecule has 1 saturated heterocycles. The molecule has 1 aliphatic heterocycles. The van der Waals surface area contributed by atoms with Crippen LogP contribution < -0.4 is 10.1 Å². The van der Waals surface area contributed by atoms with Gasteiger partial charge in [-0.1, -0.05) is 40.2 Å². The lowest BCUT2D eigenvalue weighted by molar-refractivity contribution is -0.138. The molecule has 1 aliphatic rings. The maximum atomic E-state index is 11.0. The van der Waals surface area contributed by atoms with Gasteiger partial charge in [0, 0.05) is 10.2 Å². The molecule has 1 heterocycles. The highest BCUT2D eigenvalue weighted by atomic mass is 79.9. The normalized spacial score (nSPS) is 20.4. The number of hydrogen-bond acceptors (Lipinski definition) is 4. The van der Waals surface area contributed by atoms with Gasteiger partial charge >= 0.3 is 5.97 Å². The largest absolute Gasteiger partial charge is 0.489 e. The van der Waals surface area contributed by atoms with Gasteiger partial charge in [0.15, 0.2) is 0 Å². The second-order valence-corrected chi connectivity index (χ2v) is 7.31. The van der Waals surface area contributed by atoms with E-state index in [1.807, 2.05) is 48.5 Å². The van der Waals surface area contributed by atoms with Gasteiger partial charge in [-0.2, -0.15) is 0 Å². The summed E-state index contributed by atoms with van der Waals surface area (Å²) in [5, 5.41) is 12.2. The van der Waals surface area contributed by atoms with Crippen LogP contribution in [-0.4, -0.2) is 22.9 Å². The molecule has 2 aromatic carbocycles. The third-order valence-electron chi connectivity index (χ3n) is 3.58. The fraction of sp³-hybridized carbons (Fsp3) is 0.235. The molecule has 2 aromatic rings. The van der Waals surface area contributed by atoms with Gasteiger partial charge in [-0.15, -0.1) is 11.8 Å². The van der Waals surface area contributed by atoms with Gasteiger partial charge in [0.1, 0.15) is 18.4 Å². The average Bonchev–Trinajstić information content (AvgIpc) is 3.05. The van der Waals surface area contributed by atoms with E-state index >= 15 is 0 Å². The van der Waals surface area contributed by atoms with Crippen molar-refractivity contribution in [1.82, 2.24) is 5.32 Å². The van der Waals surface area contributed by atoms with E-state index in [0.717, 1.165) is 21.3 Å². The molecule has 4 nitrogen and oxygen atoms in total. The highest BCUT2D eigenvalue weighted by molar-refractivity contribution is 9.10. The number of ether oxygens (including phenoxy) is 1. The fourth-order valence-corrected chi connectivity index (χ4v) is 3.79. The summed E-state index contributed by atoms with van der Waals surface area (Å²) in [4.78, 5) is 11.0. The Balaban J connectivity index is 1.57. The quantitative estimate of drug-likeness (QED) is 0.808. The van der Waals surface area contributed by atoms with Crippen molar-refractivity contribution in [2.75, 3.05) is 5.75 Å². The molecule has 0 spiro atoms. The first-order chi connectivity index (χ1) is 11.1. The zero-order chi connectivity index (χ0) is 16.2. The molecule has 0 aliphatic carbocycles.